The summed E-state index contributed by atoms with van der Waals surface area (Å²) in [5.74, 6) is 1.80. The summed E-state index contributed by atoms with van der Waals surface area (Å²) in [7, 11) is 2.72. The quantitative estimate of drug-likeness (QED) is 0.492. The van der Waals surface area contributed by atoms with Crippen molar-refractivity contribution in [3.05, 3.63) is 59.8 Å². The summed E-state index contributed by atoms with van der Waals surface area (Å²) in [6, 6.07) is 11.2. The van der Waals surface area contributed by atoms with Crippen LogP contribution in [0.3, 0.4) is 0 Å². The number of benzene rings is 2. The summed E-state index contributed by atoms with van der Waals surface area (Å²) in [5, 5.41) is 6.94. The van der Waals surface area contributed by atoms with Crippen LogP contribution in [0.4, 0.5) is 5.82 Å². The van der Waals surface area contributed by atoms with E-state index in [9.17, 15) is 13.2 Å². The maximum atomic E-state index is 12.9. The number of nitrogens with one attached hydrogen (secondary N) is 1. The van der Waals surface area contributed by atoms with Crippen molar-refractivity contribution in [3.8, 4) is 17.2 Å². The molecule has 1 aromatic heterocycles. The summed E-state index contributed by atoms with van der Waals surface area (Å²) in [5.41, 5.74) is 1.16. The SMILES string of the molecule is COc1cc(C(=O)Nc2ccn(C)n2)cc(Oc2ccc(S(=O)(=O)N(C)C)cc2)c1CC(C)C. The van der Waals surface area contributed by atoms with Crippen LogP contribution in [-0.2, 0) is 23.5 Å². The number of carbonyl (C=O) groups excluding carboxylic acids is 1. The number of aromatic nitrogens is 2. The summed E-state index contributed by atoms with van der Waals surface area (Å²) in [4.78, 5) is 13.1. The van der Waals surface area contributed by atoms with Gasteiger partial charge in [-0.3, -0.25) is 9.48 Å². The van der Waals surface area contributed by atoms with Gasteiger partial charge < -0.3 is 14.8 Å². The lowest BCUT2D eigenvalue weighted by atomic mass is 9.99. The molecular weight excluding hydrogens is 456 g/mol. The zero-order valence-electron chi connectivity index (χ0n) is 20.2. The molecule has 0 unspecified atom stereocenters. The normalized spacial score (nSPS) is 11.6. The molecule has 0 aliphatic rings. The van der Waals surface area contributed by atoms with Gasteiger partial charge in [-0.25, -0.2) is 12.7 Å². The number of nitrogens with zero attached hydrogens (tertiary/aromatic N) is 3. The van der Waals surface area contributed by atoms with E-state index in [2.05, 4.69) is 24.3 Å². The number of amides is 1. The molecule has 9 nitrogen and oxygen atoms in total. The molecule has 0 saturated heterocycles. The number of methoxy groups -OCH3 is 1. The maximum Gasteiger partial charge on any atom is 0.257 e. The van der Waals surface area contributed by atoms with Gasteiger partial charge in [0, 0.05) is 44.5 Å². The predicted molar refractivity (Wildman–Crippen MR) is 130 cm³/mol. The van der Waals surface area contributed by atoms with Gasteiger partial charge in [0.05, 0.1) is 12.0 Å². The zero-order valence-corrected chi connectivity index (χ0v) is 21.0. The number of carbonyl (C=O) groups is 1. The highest BCUT2D eigenvalue weighted by atomic mass is 32.2. The van der Waals surface area contributed by atoms with Crippen LogP contribution >= 0.6 is 0 Å². The minimum Gasteiger partial charge on any atom is -0.496 e. The average molecular weight is 487 g/mol. The molecule has 1 heterocycles. The lowest BCUT2D eigenvalue weighted by molar-refractivity contribution is 0.102. The van der Waals surface area contributed by atoms with Crippen molar-refractivity contribution in [2.24, 2.45) is 13.0 Å². The Kier molecular flexibility index (Phi) is 7.63. The Morgan fingerprint density at radius 1 is 1.12 bits per heavy atom. The average Bonchev–Trinajstić information content (AvgIpc) is 3.19. The van der Waals surface area contributed by atoms with E-state index in [-0.39, 0.29) is 10.8 Å². The monoisotopic (exact) mass is 486 g/mol. The standard InChI is InChI=1S/C24H30N4O5S/c1-16(2)13-20-21(32-6)14-17(24(29)25-23-11-12-28(5)26-23)15-22(20)33-18-7-9-19(10-8-18)34(30,31)27(3)4/h7-12,14-16H,13H2,1-6H3,(H,25,26,29). The molecule has 0 bridgehead atoms. The van der Waals surface area contributed by atoms with Crippen molar-refractivity contribution >= 4 is 21.7 Å². The maximum absolute atomic E-state index is 12.9. The van der Waals surface area contributed by atoms with Gasteiger partial charge in [0.15, 0.2) is 5.82 Å². The molecule has 0 spiro atoms. The Morgan fingerprint density at radius 2 is 1.76 bits per heavy atom. The molecule has 0 saturated carbocycles. The fraction of sp³-hybridized carbons (Fsp3) is 0.333. The second kappa shape index (κ2) is 10.3. The lowest BCUT2D eigenvalue weighted by Gasteiger charge is -2.18. The second-order valence-corrected chi connectivity index (χ2v) is 10.6. The van der Waals surface area contributed by atoms with Crippen molar-refractivity contribution in [3.63, 3.8) is 0 Å². The fourth-order valence-corrected chi connectivity index (χ4v) is 4.22. The number of hydrogen-bond acceptors (Lipinski definition) is 6. The van der Waals surface area contributed by atoms with Gasteiger partial charge in [0.1, 0.15) is 17.2 Å². The third-order valence-electron chi connectivity index (χ3n) is 5.05. The van der Waals surface area contributed by atoms with Crippen molar-refractivity contribution < 1.29 is 22.7 Å². The van der Waals surface area contributed by atoms with Crippen LogP contribution in [0.15, 0.2) is 53.6 Å². The van der Waals surface area contributed by atoms with Crippen LogP contribution in [0.5, 0.6) is 17.2 Å². The highest BCUT2D eigenvalue weighted by Crippen LogP contribution is 2.36. The number of sulfonamides is 1. The highest BCUT2D eigenvalue weighted by Gasteiger charge is 2.20. The van der Waals surface area contributed by atoms with Crippen LogP contribution in [0, 0.1) is 5.92 Å². The molecule has 10 heteroatoms. The summed E-state index contributed by atoms with van der Waals surface area (Å²) in [6.45, 7) is 4.15. The van der Waals surface area contributed by atoms with E-state index in [0.29, 0.717) is 41.0 Å². The van der Waals surface area contributed by atoms with E-state index in [1.807, 2.05) is 0 Å². The van der Waals surface area contributed by atoms with Gasteiger partial charge >= 0.3 is 0 Å². The number of rotatable bonds is 9. The molecule has 2 aromatic carbocycles. The number of ether oxygens (including phenoxy) is 2. The lowest BCUT2D eigenvalue weighted by Crippen LogP contribution is -2.22. The smallest absolute Gasteiger partial charge is 0.257 e. The van der Waals surface area contributed by atoms with Gasteiger partial charge in [0.2, 0.25) is 10.0 Å². The third-order valence-corrected chi connectivity index (χ3v) is 6.88. The van der Waals surface area contributed by atoms with E-state index in [0.717, 1.165) is 9.87 Å². The van der Waals surface area contributed by atoms with E-state index < -0.39 is 10.0 Å². The molecule has 1 N–H and O–H groups in total. The number of anilines is 1. The van der Waals surface area contributed by atoms with Gasteiger partial charge in [-0.1, -0.05) is 13.8 Å². The Morgan fingerprint density at radius 3 is 2.29 bits per heavy atom. The second-order valence-electron chi connectivity index (χ2n) is 8.44. The third kappa shape index (κ3) is 5.75. The summed E-state index contributed by atoms with van der Waals surface area (Å²) in [6.07, 6.45) is 2.39. The van der Waals surface area contributed by atoms with Crippen molar-refractivity contribution in [2.45, 2.75) is 25.2 Å². The molecule has 3 rings (SSSR count). The molecule has 0 aliphatic heterocycles. The first-order valence-corrected chi connectivity index (χ1v) is 12.2. The summed E-state index contributed by atoms with van der Waals surface area (Å²) < 4.78 is 39.2. The minimum absolute atomic E-state index is 0.160. The van der Waals surface area contributed by atoms with E-state index in [1.54, 1.807) is 55.4 Å². The Hall–Kier alpha value is -3.37. The summed E-state index contributed by atoms with van der Waals surface area (Å²) >= 11 is 0. The molecule has 1 amide bonds. The number of hydrogen-bond donors (Lipinski definition) is 1. The zero-order chi connectivity index (χ0) is 25.0. The van der Waals surface area contributed by atoms with Crippen LogP contribution in [0.1, 0.15) is 29.8 Å². The first kappa shape index (κ1) is 25.3. The molecule has 0 aliphatic carbocycles. The molecule has 0 atom stereocenters. The van der Waals surface area contributed by atoms with Crippen molar-refractivity contribution in [2.75, 3.05) is 26.5 Å². The van der Waals surface area contributed by atoms with Crippen LogP contribution in [0.25, 0.3) is 0 Å². The predicted octanol–water partition coefficient (Wildman–Crippen LogP) is 3.92. The van der Waals surface area contributed by atoms with Gasteiger partial charge in [-0.05, 0) is 48.7 Å². The van der Waals surface area contributed by atoms with Crippen LogP contribution in [-0.4, -0.2) is 49.6 Å². The van der Waals surface area contributed by atoms with Crippen molar-refractivity contribution in [1.29, 1.82) is 0 Å². The highest BCUT2D eigenvalue weighted by molar-refractivity contribution is 7.89. The first-order chi connectivity index (χ1) is 16.0. The van der Waals surface area contributed by atoms with E-state index in [4.69, 9.17) is 9.47 Å². The largest absolute Gasteiger partial charge is 0.496 e. The molecule has 3 aromatic rings. The van der Waals surface area contributed by atoms with E-state index in [1.165, 1.54) is 26.2 Å². The Labute approximate surface area is 200 Å². The molecule has 0 radical (unpaired) electrons. The number of aryl methyl sites for hydroxylation is 1. The van der Waals surface area contributed by atoms with Crippen molar-refractivity contribution in [1.82, 2.24) is 14.1 Å². The Bertz CT molecular complexity index is 1270. The fourth-order valence-electron chi connectivity index (χ4n) is 3.32. The molecule has 182 valence electrons. The van der Waals surface area contributed by atoms with Gasteiger partial charge in [0.25, 0.3) is 5.91 Å². The molecule has 0 fully saturated rings. The van der Waals surface area contributed by atoms with E-state index >= 15 is 0 Å². The van der Waals surface area contributed by atoms with Crippen LogP contribution in [0.2, 0.25) is 0 Å². The topological polar surface area (TPSA) is 103 Å². The molecule has 34 heavy (non-hydrogen) atoms. The van der Waals surface area contributed by atoms with Crippen LogP contribution < -0.4 is 14.8 Å². The van der Waals surface area contributed by atoms with Gasteiger partial charge in [-0.15, -0.1) is 0 Å². The minimum atomic E-state index is -3.55. The Balaban J connectivity index is 1.98. The molecular formula is C24H30N4O5S. The first-order valence-electron chi connectivity index (χ1n) is 10.7. The van der Waals surface area contributed by atoms with Gasteiger partial charge in [-0.2, -0.15) is 5.10 Å².